The Kier molecular flexibility index (Phi) is 3.83. The maximum atomic E-state index is 13.5. The van der Waals surface area contributed by atoms with Gasteiger partial charge < -0.3 is 19.3 Å². The average molecular weight is 376 g/mol. The zero-order valence-electron chi connectivity index (χ0n) is 16.8. The van der Waals surface area contributed by atoms with Gasteiger partial charge in [-0.2, -0.15) is 0 Å². The highest BCUT2D eigenvalue weighted by atomic mass is 16.7. The molecule has 3 saturated carbocycles. The predicted octanol–water partition coefficient (Wildman–Crippen LogP) is 3.21. The number of fused-ring (bicyclic) bond motifs is 5. The summed E-state index contributed by atoms with van der Waals surface area (Å²) in [6.45, 7) is 5.70. The molecule has 1 saturated heterocycles. The zero-order valence-corrected chi connectivity index (χ0v) is 16.8. The second-order valence-electron chi connectivity index (χ2n) is 10.0. The van der Waals surface area contributed by atoms with E-state index in [2.05, 4.69) is 19.9 Å². The molecule has 1 N–H and O–H groups in total. The lowest BCUT2D eigenvalue weighted by Crippen LogP contribution is -2.59. The van der Waals surface area contributed by atoms with Crippen molar-refractivity contribution in [3.05, 3.63) is 11.6 Å². The van der Waals surface area contributed by atoms with Gasteiger partial charge in [-0.05, 0) is 36.5 Å². The molecule has 1 heterocycles. The Morgan fingerprint density at radius 3 is 2.59 bits per heavy atom. The first-order chi connectivity index (χ1) is 12.8. The molecule has 5 heteroatoms. The molecule has 1 spiro atoms. The van der Waals surface area contributed by atoms with Gasteiger partial charge >= 0.3 is 0 Å². The van der Waals surface area contributed by atoms with Crippen LogP contribution in [-0.2, 0) is 19.0 Å². The second-order valence-corrected chi connectivity index (χ2v) is 10.0. The SMILES string of the molecule is COC1(O)CCC2C3CC=C4CC5(CC[C@]4(C)C3C(=O)C[C@@]21C)OCCO5. The van der Waals surface area contributed by atoms with Crippen molar-refractivity contribution in [3.8, 4) is 0 Å². The van der Waals surface area contributed by atoms with Crippen LogP contribution in [0, 0.1) is 28.6 Å². The van der Waals surface area contributed by atoms with Crippen LogP contribution >= 0.6 is 0 Å². The van der Waals surface area contributed by atoms with Crippen molar-refractivity contribution in [1.82, 2.24) is 0 Å². The molecule has 150 valence electrons. The largest absolute Gasteiger partial charge is 0.365 e. The van der Waals surface area contributed by atoms with Crippen LogP contribution in [0.5, 0.6) is 0 Å². The summed E-state index contributed by atoms with van der Waals surface area (Å²) >= 11 is 0. The summed E-state index contributed by atoms with van der Waals surface area (Å²) in [5.74, 6) is -0.635. The number of aliphatic hydroxyl groups is 1. The van der Waals surface area contributed by atoms with Crippen LogP contribution < -0.4 is 0 Å². The van der Waals surface area contributed by atoms with Crippen LogP contribution in [0.15, 0.2) is 11.6 Å². The molecular formula is C22H32O5. The highest BCUT2D eigenvalue weighted by Gasteiger charge is 2.67. The number of hydrogen-bond donors (Lipinski definition) is 1. The van der Waals surface area contributed by atoms with Gasteiger partial charge in [-0.3, -0.25) is 4.79 Å². The molecule has 5 rings (SSSR count). The summed E-state index contributed by atoms with van der Waals surface area (Å²) in [6, 6.07) is 0. The Bertz CT molecular complexity index is 695. The summed E-state index contributed by atoms with van der Waals surface area (Å²) in [5.41, 5.74) is 0.777. The third-order valence-electron chi connectivity index (χ3n) is 9.03. The van der Waals surface area contributed by atoms with E-state index < -0.39 is 17.0 Å². The Hall–Kier alpha value is -0.750. The van der Waals surface area contributed by atoms with E-state index in [0.29, 0.717) is 43.7 Å². The highest BCUT2D eigenvalue weighted by Crippen LogP contribution is 2.67. The first-order valence-corrected chi connectivity index (χ1v) is 10.5. The van der Waals surface area contributed by atoms with Crippen LogP contribution in [0.1, 0.15) is 58.8 Å². The molecule has 5 aliphatic rings. The number of methoxy groups -OCH3 is 1. The van der Waals surface area contributed by atoms with Crippen molar-refractivity contribution in [2.75, 3.05) is 20.3 Å². The molecule has 0 amide bonds. The Morgan fingerprint density at radius 1 is 1.15 bits per heavy atom. The standard InChI is InChI=1S/C22H32O5/c1-19-8-9-21(26-10-11-27-21)12-14(19)4-5-15-16-6-7-22(24,25-3)20(16,2)13-17(23)18(15)19/h4,15-16,18,24H,5-13H2,1-3H3/t15?,16?,18?,19-,20-,22?/m0/s1. The van der Waals surface area contributed by atoms with Gasteiger partial charge in [-0.15, -0.1) is 0 Å². The molecular weight excluding hydrogens is 344 g/mol. The number of carbonyl (C=O) groups is 1. The number of ether oxygens (including phenoxy) is 3. The van der Waals surface area contributed by atoms with Gasteiger partial charge in [-0.25, -0.2) is 0 Å². The van der Waals surface area contributed by atoms with E-state index in [4.69, 9.17) is 14.2 Å². The van der Waals surface area contributed by atoms with Crippen LogP contribution in [0.4, 0.5) is 0 Å². The Labute approximate surface area is 161 Å². The summed E-state index contributed by atoms with van der Waals surface area (Å²) in [6.07, 6.45) is 7.86. The second kappa shape index (κ2) is 5.65. The molecule has 4 unspecified atom stereocenters. The highest BCUT2D eigenvalue weighted by molar-refractivity contribution is 5.85. The number of allylic oxidation sites excluding steroid dienone is 1. The van der Waals surface area contributed by atoms with Gasteiger partial charge in [0.1, 0.15) is 5.78 Å². The smallest absolute Gasteiger partial charge is 0.172 e. The molecule has 4 aliphatic carbocycles. The lowest BCUT2D eigenvalue weighted by Gasteiger charge is -2.58. The van der Waals surface area contributed by atoms with E-state index in [0.717, 1.165) is 32.1 Å². The van der Waals surface area contributed by atoms with E-state index in [1.165, 1.54) is 5.57 Å². The molecule has 5 nitrogen and oxygen atoms in total. The number of hydrogen-bond acceptors (Lipinski definition) is 5. The van der Waals surface area contributed by atoms with Crippen LogP contribution in [0.2, 0.25) is 0 Å². The third-order valence-corrected chi connectivity index (χ3v) is 9.03. The average Bonchev–Trinajstić information content (AvgIpc) is 3.19. The topological polar surface area (TPSA) is 65.0 Å². The Balaban J connectivity index is 1.51. The van der Waals surface area contributed by atoms with Crippen molar-refractivity contribution in [1.29, 1.82) is 0 Å². The zero-order chi connectivity index (χ0) is 19.1. The van der Waals surface area contributed by atoms with Gasteiger partial charge in [0.15, 0.2) is 11.6 Å². The maximum Gasteiger partial charge on any atom is 0.172 e. The van der Waals surface area contributed by atoms with Gasteiger partial charge in [0.25, 0.3) is 0 Å². The van der Waals surface area contributed by atoms with E-state index in [1.54, 1.807) is 7.11 Å². The van der Waals surface area contributed by atoms with Crippen LogP contribution in [0.25, 0.3) is 0 Å². The fourth-order valence-corrected chi connectivity index (χ4v) is 7.48. The van der Waals surface area contributed by atoms with Crippen LogP contribution in [-0.4, -0.2) is 42.8 Å². The summed E-state index contributed by atoms with van der Waals surface area (Å²) in [5, 5.41) is 11.1. The maximum absolute atomic E-state index is 13.5. The monoisotopic (exact) mass is 376 g/mol. The number of ketones is 1. The van der Waals surface area contributed by atoms with Crippen LogP contribution in [0.3, 0.4) is 0 Å². The number of Topliss-reactive ketones (excluding diaryl/α,β-unsaturated/α-hetero) is 1. The van der Waals surface area contributed by atoms with Gasteiger partial charge in [0.2, 0.25) is 0 Å². The summed E-state index contributed by atoms with van der Waals surface area (Å²) in [7, 11) is 1.58. The lowest BCUT2D eigenvalue weighted by atomic mass is 9.47. The van der Waals surface area contributed by atoms with Crippen molar-refractivity contribution >= 4 is 5.78 Å². The van der Waals surface area contributed by atoms with Gasteiger partial charge in [-0.1, -0.05) is 25.5 Å². The molecule has 6 atom stereocenters. The molecule has 0 radical (unpaired) electrons. The van der Waals surface area contributed by atoms with Crippen molar-refractivity contribution in [2.24, 2.45) is 28.6 Å². The minimum absolute atomic E-state index is 0.0496. The normalized spacial score (nSPS) is 50.9. The molecule has 27 heavy (non-hydrogen) atoms. The fourth-order valence-electron chi connectivity index (χ4n) is 7.48. The minimum Gasteiger partial charge on any atom is -0.365 e. The third kappa shape index (κ3) is 2.23. The van der Waals surface area contributed by atoms with E-state index in [9.17, 15) is 9.90 Å². The lowest BCUT2D eigenvalue weighted by molar-refractivity contribution is -0.259. The summed E-state index contributed by atoms with van der Waals surface area (Å²) in [4.78, 5) is 13.5. The molecule has 0 aromatic heterocycles. The predicted molar refractivity (Wildman–Crippen MR) is 98.7 cm³/mol. The summed E-state index contributed by atoms with van der Waals surface area (Å²) < 4.78 is 17.5. The first kappa shape index (κ1) is 18.3. The van der Waals surface area contributed by atoms with Crippen molar-refractivity contribution < 1.29 is 24.1 Å². The molecule has 0 aromatic rings. The molecule has 0 bridgehead atoms. The number of carbonyl (C=O) groups excluding carboxylic acids is 1. The van der Waals surface area contributed by atoms with E-state index in [-0.39, 0.29) is 11.3 Å². The van der Waals surface area contributed by atoms with Crippen molar-refractivity contribution in [2.45, 2.75) is 70.4 Å². The Morgan fingerprint density at radius 2 is 1.89 bits per heavy atom. The molecule has 1 aliphatic heterocycles. The molecule has 0 aromatic carbocycles. The van der Waals surface area contributed by atoms with Gasteiger partial charge in [0, 0.05) is 44.1 Å². The van der Waals surface area contributed by atoms with Gasteiger partial charge in [0.05, 0.1) is 13.2 Å². The first-order valence-electron chi connectivity index (χ1n) is 10.5. The quantitative estimate of drug-likeness (QED) is 0.562. The van der Waals surface area contributed by atoms with E-state index in [1.807, 2.05) is 0 Å². The fraction of sp³-hybridized carbons (Fsp3) is 0.864. The number of rotatable bonds is 1. The van der Waals surface area contributed by atoms with Crippen molar-refractivity contribution in [3.63, 3.8) is 0 Å². The minimum atomic E-state index is -1.18. The molecule has 4 fully saturated rings. The van der Waals surface area contributed by atoms with E-state index >= 15 is 0 Å².